The molecule has 1 aromatic rings. The van der Waals surface area contributed by atoms with E-state index in [4.69, 9.17) is 9.47 Å². The standard InChI is InChI=1S/C19H29N3O4/c1-13-15(25-5)8-7-14(16(13)26-6)17(23)21-9-11-22(12-10-21)18(24)20-19(2,3)4/h7-8H,9-12H2,1-6H3,(H,20,24). The molecule has 1 aliphatic rings. The minimum absolute atomic E-state index is 0.0940. The van der Waals surface area contributed by atoms with E-state index in [1.807, 2.05) is 27.7 Å². The number of amides is 3. The Morgan fingerprint density at radius 3 is 2.08 bits per heavy atom. The molecule has 0 atom stereocenters. The molecule has 1 aliphatic heterocycles. The molecule has 3 amide bonds. The van der Waals surface area contributed by atoms with E-state index in [0.717, 1.165) is 5.56 Å². The predicted molar refractivity (Wildman–Crippen MR) is 100 cm³/mol. The lowest BCUT2D eigenvalue weighted by atomic mass is 10.1. The molecule has 0 aliphatic carbocycles. The summed E-state index contributed by atoms with van der Waals surface area (Å²) >= 11 is 0. The first-order valence-corrected chi connectivity index (χ1v) is 8.76. The number of hydrogen-bond acceptors (Lipinski definition) is 4. The van der Waals surface area contributed by atoms with Gasteiger partial charge in [0.05, 0.1) is 19.8 Å². The van der Waals surface area contributed by atoms with Crippen LogP contribution >= 0.6 is 0 Å². The number of carbonyl (C=O) groups is 2. The number of hydrogen-bond donors (Lipinski definition) is 1. The smallest absolute Gasteiger partial charge is 0.317 e. The van der Waals surface area contributed by atoms with Gasteiger partial charge in [0, 0.05) is 37.3 Å². The Morgan fingerprint density at radius 1 is 1.00 bits per heavy atom. The number of nitrogens with zero attached hydrogens (tertiary/aromatic N) is 2. The van der Waals surface area contributed by atoms with Crippen molar-refractivity contribution in [1.29, 1.82) is 0 Å². The minimum Gasteiger partial charge on any atom is -0.496 e. The topological polar surface area (TPSA) is 71.1 Å². The zero-order chi connectivity index (χ0) is 19.5. The molecule has 1 aromatic carbocycles. The third-order valence-corrected chi connectivity index (χ3v) is 4.35. The van der Waals surface area contributed by atoms with E-state index in [0.29, 0.717) is 43.2 Å². The van der Waals surface area contributed by atoms with E-state index in [9.17, 15) is 9.59 Å². The highest BCUT2D eigenvalue weighted by molar-refractivity contribution is 5.98. The van der Waals surface area contributed by atoms with Crippen LogP contribution in [0.15, 0.2) is 12.1 Å². The van der Waals surface area contributed by atoms with E-state index in [1.54, 1.807) is 36.2 Å². The lowest BCUT2D eigenvalue weighted by Gasteiger charge is -2.36. The molecule has 26 heavy (non-hydrogen) atoms. The average Bonchev–Trinajstić information content (AvgIpc) is 2.59. The van der Waals surface area contributed by atoms with Crippen molar-refractivity contribution < 1.29 is 19.1 Å². The van der Waals surface area contributed by atoms with Crippen LogP contribution in [0.1, 0.15) is 36.7 Å². The maximum absolute atomic E-state index is 12.9. The first-order valence-electron chi connectivity index (χ1n) is 8.76. The molecular formula is C19H29N3O4. The van der Waals surface area contributed by atoms with Crippen molar-refractivity contribution in [3.63, 3.8) is 0 Å². The molecule has 0 unspecified atom stereocenters. The van der Waals surface area contributed by atoms with Crippen LogP contribution in [0, 0.1) is 6.92 Å². The summed E-state index contributed by atoms with van der Waals surface area (Å²) in [7, 11) is 3.14. The van der Waals surface area contributed by atoms with E-state index in [1.165, 1.54) is 0 Å². The number of piperazine rings is 1. The number of carbonyl (C=O) groups excluding carboxylic acids is 2. The van der Waals surface area contributed by atoms with Gasteiger partial charge < -0.3 is 24.6 Å². The summed E-state index contributed by atoms with van der Waals surface area (Å²) in [5.41, 5.74) is 1.03. The monoisotopic (exact) mass is 363 g/mol. The van der Waals surface area contributed by atoms with Crippen molar-refractivity contribution in [2.45, 2.75) is 33.2 Å². The summed E-state index contributed by atoms with van der Waals surface area (Å²) in [5.74, 6) is 1.12. The molecule has 1 heterocycles. The number of ether oxygens (including phenoxy) is 2. The van der Waals surface area contributed by atoms with Gasteiger partial charge in [-0.3, -0.25) is 4.79 Å². The van der Waals surface area contributed by atoms with E-state index in [2.05, 4.69) is 5.32 Å². The normalized spacial score (nSPS) is 14.8. The molecule has 1 N–H and O–H groups in total. The van der Waals surface area contributed by atoms with Crippen LogP contribution in [-0.4, -0.2) is 67.7 Å². The maximum atomic E-state index is 12.9. The fourth-order valence-electron chi connectivity index (χ4n) is 3.01. The Labute approximate surface area is 155 Å². The Balaban J connectivity index is 2.07. The molecule has 144 valence electrons. The van der Waals surface area contributed by atoms with Crippen LogP contribution in [0.2, 0.25) is 0 Å². The zero-order valence-electron chi connectivity index (χ0n) is 16.5. The third kappa shape index (κ3) is 4.39. The molecule has 1 fully saturated rings. The molecule has 0 bridgehead atoms. The van der Waals surface area contributed by atoms with Crippen LogP contribution in [0.3, 0.4) is 0 Å². The second kappa shape index (κ2) is 7.85. The summed E-state index contributed by atoms with van der Waals surface area (Å²) in [6, 6.07) is 3.41. The number of methoxy groups -OCH3 is 2. The summed E-state index contributed by atoms with van der Waals surface area (Å²) < 4.78 is 10.7. The zero-order valence-corrected chi connectivity index (χ0v) is 16.5. The molecule has 7 nitrogen and oxygen atoms in total. The van der Waals surface area contributed by atoms with Gasteiger partial charge in [-0.05, 0) is 39.8 Å². The van der Waals surface area contributed by atoms with Crippen LogP contribution in [0.5, 0.6) is 11.5 Å². The Bertz CT molecular complexity index is 674. The van der Waals surface area contributed by atoms with Crippen molar-refractivity contribution in [3.8, 4) is 11.5 Å². The first-order chi connectivity index (χ1) is 12.2. The van der Waals surface area contributed by atoms with E-state index < -0.39 is 0 Å². The summed E-state index contributed by atoms with van der Waals surface area (Å²) in [6.45, 7) is 9.70. The minimum atomic E-state index is -0.280. The average molecular weight is 363 g/mol. The van der Waals surface area contributed by atoms with E-state index in [-0.39, 0.29) is 17.5 Å². The van der Waals surface area contributed by atoms with Crippen LogP contribution in [-0.2, 0) is 0 Å². The van der Waals surface area contributed by atoms with Gasteiger partial charge in [-0.1, -0.05) is 0 Å². The SMILES string of the molecule is COc1ccc(C(=O)N2CCN(C(=O)NC(C)(C)C)CC2)c(OC)c1C. The summed E-state index contributed by atoms with van der Waals surface area (Å²) in [6.07, 6.45) is 0. The Kier molecular flexibility index (Phi) is 6.00. The number of urea groups is 1. The lowest BCUT2D eigenvalue weighted by molar-refractivity contribution is 0.0658. The van der Waals surface area contributed by atoms with Crippen molar-refractivity contribution in [2.24, 2.45) is 0 Å². The number of benzene rings is 1. The summed E-state index contributed by atoms with van der Waals surface area (Å²) in [5, 5.41) is 2.95. The van der Waals surface area contributed by atoms with Gasteiger partial charge in [0.1, 0.15) is 11.5 Å². The molecule has 7 heteroatoms. The lowest BCUT2D eigenvalue weighted by Crippen LogP contribution is -2.56. The fourth-order valence-corrected chi connectivity index (χ4v) is 3.01. The molecular weight excluding hydrogens is 334 g/mol. The van der Waals surface area contributed by atoms with Gasteiger partial charge in [0.25, 0.3) is 5.91 Å². The summed E-state index contributed by atoms with van der Waals surface area (Å²) in [4.78, 5) is 28.7. The van der Waals surface area contributed by atoms with Crippen molar-refractivity contribution in [1.82, 2.24) is 15.1 Å². The van der Waals surface area contributed by atoms with Crippen LogP contribution < -0.4 is 14.8 Å². The highest BCUT2D eigenvalue weighted by Gasteiger charge is 2.28. The predicted octanol–water partition coefficient (Wildman–Crippen LogP) is 2.28. The molecule has 0 aromatic heterocycles. The van der Waals surface area contributed by atoms with Crippen molar-refractivity contribution in [2.75, 3.05) is 40.4 Å². The van der Waals surface area contributed by atoms with Gasteiger partial charge >= 0.3 is 6.03 Å². The Hall–Kier alpha value is -2.44. The van der Waals surface area contributed by atoms with Crippen molar-refractivity contribution in [3.05, 3.63) is 23.3 Å². The van der Waals surface area contributed by atoms with Gasteiger partial charge in [0.15, 0.2) is 0 Å². The van der Waals surface area contributed by atoms with Crippen molar-refractivity contribution >= 4 is 11.9 Å². The molecule has 0 saturated carbocycles. The quantitative estimate of drug-likeness (QED) is 0.894. The number of rotatable bonds is 3. The van der Waals surface area contributed by atoms with Crippen LogP contribution in [0.25, 0.3) is 0 Å². The van der Waals surface area contributed by atoms with Gasteiger partial charge in [0.2, 0.25) is 0 Å². The van der Waals surface area contributed by atoms with Crippen LogP contribution in [0.4, 0.5) is 4.79 Å². The van der Waals surface area contributed by atoms with E-state index >= 15 is 0 Å². The van der Waals surface area contributed by atoms with Gasteiger partial charge in [-0.25, -0.2) is 4.79 Å². The highest BCUT2D eigenvalue weighted by atomic mass is 16.5. The second-order valence-electron chi connectivity index (χ2n) is 7.43. The Morgan fingerprint density at radius 2 is 1.58 bits per heavy atom. The molecule has 0 radical (unpaired) electrons. The van der Waals surface area contributed by atoms with Gasteiger partial charge in [-0.2, -0.15) is 0 Å². The first kappa shape index (κ1) is 19.9. The molecule has 0 spiro atoms. The second-order valence-corrected chi connectivity index (χ2v) is 7.43. The largest absolute Gasteiger partial charge is 0.496 e. The maximum Gasteiger partial charge on any atom is 0.317 e. The van der Waals surface area contributed by atoms with Gasteiger partial charge in [-0.15, -0.1) is 0 Å². The number of nitrogens with one attached hydrogen (secondary N) is 1. The fraction of sp³-hybridized carbons (Fsp3) is 0.579. The molecule has 1 saturated heterocycles. The molecule has 2 rings (SSSR count). The highest BCUT2D eigenvalue weighted by Crippen LogP contribution is 2.32. The third-order valence-electron chi connectivity index (χ3n) is 4.35.